The molecule has 15 heteroatoms. The van der Waals surface area contributed by atoms with Crippen molar-refractivity contribution in [1.82, 2.24) is 9.96 Å². The van der Waals surface area contributed by atoms with Gasteiger partial charge < -0.3 is 24.8 Å². The first-order chi connectivity index (χ1) is 16.3. The number of urea groups is 1. The van der Waals surface area contributed by atoms with Crippen LogP contribution in [0.5, 0.6) is 0 Å². The highest BCUT2D eigenvalue weighted by Gasteiger charge is 2.49. The van der Waals surface area contributed by atoms with E-state index in [-0.39, 0.29) is 25.0 Å². The molecule has 3 aliphatic heterocycles. The lowest BCUT2D eigenvalue weighted by atomic mass is 9.95. The molecule has 3 amide bonds. The first-order valence-corrected chi connectivity index (χ1v) is 12.5. The zero-order valence-corrected chi connectivity index (χ0v) is 21.1. The lowest BCUT2D eigenvalue weighted by Gasteiger charge is -2.27. The number of primary amides is 1. The molecular formula is C20H33N3O11S. The Morgan fingerprint density at radius 2 is 1.89 bits per heavy atom. The summed E-state index contributed by atoms with van der Waals surface area (Å²) in [6, 6.07) is -2.10. The van der Waals surface area contributed by atoms with E-state index in [1.807, 2.05) is 0 Å². The minimum absolute atomic E-state index is 0.00463. The predicted molar refractivity (Wildman–Crippen MR) is 117 cm³/mol. The largest absolute Gasteiger partial charge is 0.469 e. The van der Waals surface area contributed by atoms with Gasteiger partial charge in [0.05, 0.1) is 44.3 Å². The molecule has 0 aromatic rings. The van der Waals surface area contributed by atoms with Gasteiger partial charge in [-0.2, -0.15) is 13.5 Å². The van der Waals surface area contributed by atoms with Crippen molar-refractivity contribution in [2.45, 2.75) is 52.1 Å². The summed E-state index contributed by atoms with van der Waals surface area (Å²) in [6.07, 6.45) is 1.49. The summed E-state index contributed by atoms with van der Waals surface area (Å²) in [4.78, 5) is 47.4. The molecule has 0 aliphatic carbocycles. The normalized spacial score (nSPS) is 24.0. The number of fused-ring (bicyclic) bond motifs is 2. The quantitative estimate of drug-likeness (QED) is 0.392. The van der Waals surface area contributed by atoms with Crippen LogP contribution in [0.3, 0.4) is 0 Å². The van der Waals surface area contributed by atoms with E-state index < -0.39 is 52.4 Å². The number of hydrogen-bond acceptors (Lipinski definition) is 11. The van der Waals surface area contributed by atoms with Crippen molar-refractivity contribution in [3.8, 4) is 0 Å². The molecule has 200 valence electrons. The van der Waals surface area contributed by atoms with Crippen LogP contribution in [0.4, 0.5) is 4.79 Å². The van der Waals surface area contributed by atoms with Gasteiger partial charge in [0, 0.05) is 13.2 Å². The zero-order chi connectivity index (χ0) is 26.4. The fraction of sp³-hybridized carbons (Fsp3) is 0.800. The highest BCUT2D eigenvalue weighted by Crippen LogP contribution is 2.31. The van der Waals surface area contributed by atoms with Gasteiger partial charge in [-0.1, -0.05) is 0 Å². The molecule has 3 fully saturated rings. The van der Waals surface area contributed by atoms with Crippen molar-refractivity contribution < 1.29 is 50.3 Å². The smallest absolute Gasteiger partial charge is 0.421 e. The summed E-state index contributed by atoms with van der Waals surface area (Å²) >= 11 is 0. The Morgan fingerprint density at radius 3 is 2.43 bits per heavy atom. The Morgan fingerprint density at radius 1 is 1.20 bits per heavy atom. The number of amides is 3. The maximum atomic E-state index is 12.3. The minimum atomic E-state index is -4.60. The number of hydroxylamine groups is 2. The highest BCUT2D eigenvalue weighted by atomic mass is 32.3. The van der Waals surface area contributed by atoms with Crippen LogP contribution >= 0.6 is 0 Å². The molecule has 0 aromatic heterocycles. The number of rotatable bonds is 9. The molecule has 1 unspecified atom stereocenters. The zero-order valence-electron chi connectivity index (χ0n) is 20.3. The second-order valence-corrected chi connectivity index (χ2v) is 10.0. The minimum Gasteiger partial charge on any atom is -0.469 e. The van der Waals surface area contributed by atoms with Crippen LogP contribution in [-0.2, 0) is 47.5 Å². The second-order valence-electron chi connectivity index (χ2n) is 8.84. The van der Waals surface area contributed by atoms with Crippen LogP contribution in [0.2, 0.25) is 0 Å². The maximum absolute atomic E-state index is 12.3. The van der Waals surface area contributed by atoms with Gasteiger partial charge in [-0.15, -0.1) is 4.28 Å². The third-order valence-electron chi connectivity index (χ3n) is 5.68. The molecule has 0 aromatic carbocycles. The average molecular weight is 524 g/mol. The molecule has 3 atom stereocenters. The number of carbonyl (C=O) groups is 4. The number of nitrogens with zero attached hydrogens (tertiary/aromatic N) is 2. The summed E-state index contributed by atoms with van der Waals surface area (Å²) < 4.78 is 48.0. The summed E-state index contributed by atoms with van der Waals surface area (Å²) in [7, 11) is -3.20. The van der Waals surface area contributed by atoms with Crippen LogP contribution in [0.1, 0.15) is 40.0 Å². The third-order valence-corrected chi connectivity index (χ3v) is 6.43. The molecule has 14 nitrogen and oxygen atoms in total. The lowest BCUT2D eigenvalue weighted by molar-refractivity contribution is -0.155. The van der Waals surface area contributed by atoms with E-state index in [9.17, 15) is 27.6 Å². The van der Waals surface area contributed by atoms with Crippen LogP contribution < -0.4 is 5.73 Å². The molecule has 3 rings (SSSR count). The van der Waals surface area contributed by atoms with Gasteiger partial charge in [-0.3, -0.25) is 14.4 Å². The van der Waals surface area contributed by atoms with Gasteiger partial charge in [-0.05, 0) is 40.0 Å². The van der Waals surface area contributed by atoms with Gasteiger partial charge in [0.15, 0.2) is 0 Å². The molecule has 3 heterocycles. The fourth-order valence-corrected chi connectivity index (χ4v) is 4.50. The molecule has 0 saturated carbocycles. The van der Waals surface area contributed by atoms with Crippen molar-refractivity contribution in [3.63, 3.8) is 0 Å². The number of esters is 2. The summed E-state index contributed by atoms with van der Waals surface area (Å²) in [5.74, 6) is -1.44. The number of nitrogens with two attached hydrogens (primary N) is 1. The summed E-state index contributed by atoms with van der Waals surface area (Å²) in [6.45, 7) is 5.53. The van der Waals surface area contributed by atoms with E-state index in [4.69, 9.17) is 23.7 Å². The number of piperidine rings is 1. The molecule has 2 bridgehead atoms. The summed E-state index contributed by atoms with van der Waals surface area (Å²) in [5.41, 5.74) is 4.03. The number of carbonyl (C=O) groups excluding carboxylic acids is 4. The molecule has 35 heavy (non-hydrogen) atoms. The van der Waals surface area contributed by atoms with E-state index in [2.05, 4.69) is 4.74 Å². The van der Waals surface area contributed by atoms with E-state index in [0.717, 1.165) is 6.42 Å². The monoisotopic (exact) mass is 523 g/mol. The van der Waals surface area contributed by atoms with E-state index in [1.54, 1.807) is 6.92 Å². The van der Waals surface area contributed by atoms with Crippen molar-refractivity contribution >= 4 is 34.3 Å². The Labute approximate surface area is 204 Å². The van der Waals surface area contributed by atoms with Crippen LogP contribution in [0, 0.1) is 11.3 Å². The molecular weight excluding hydrogens is 490 g/mol. The number of hydrogen-bond donors (Lipinski definition) is 1. The predicted octanol–water partition coefficient (Wildman–Crippen LogP) is -0.281. The average Bonchev–Trinajstić information content (AvgIpc) is 3.42. The first-order valence-electron chi connectivity index (χ1n) is 11.1. The Balaban J connectivity index is 0.000000402. The van der Waals surface area contributed by atoms with Gasteiger partial charge in [0.25, 0.3) is 0 Å². The van der Waals surface area contributed by atoms with E-state index in [0.29, 0.717) is 31.1 Å². The molecule has 2 N–H and O–H groups in total. The lowest BCUT2D eigenvalue weighted by Crippen LogP contribution is -2.47. The van der Waals surface area contributed by atoms with E-state index >= 15 is 0 Å². The van der Waals surface area contributed by atoms with Crippen molar-refractivity contribution in [2.24, 2.45) is 17.1 Å². The SMILES string of the molecule is CCOC(=O)C(C)(C)COS(=O)(=O)ON1C(=O)N2C[C@H]1CC[C@H]2C(N)=O.COC(=O)C1CCOC1. The van der Waals surface area contributed by atoms with Gasteiger partial charge in [0.1, 0.15) is 6.04 Å². The Hall–Kier alpha value is -2.49. The van der Waals surface area contributed by atoms with Gasteiger partial charge >= 0.3 is 28.4 Å². The Bertz CT molecular complexity index is 902. The molecule has 3 saturated heterocycles. The van der Waals surface area contributed by atoms with Crippen LogP contribution in [-0.4, -0.2) is 94.4 Å². The van der Waals surface area contributed by atoms with Crippen LogP contribution in [0.15, 0.2) is 0 Å². The highest BCUT2D eigenvalue weighted by molar-refractivity contribution is 7.81. The second kappa shape index (κ2) is 12.0. The third kappa shape index (κ3) is 7.49. The van der Waals surface area contributed by atoms with Crippen molar-refractivity contribution in [1.29, 1.82) is 0 Å². The number of methoxy groups -OCH3 is 1. The maximum Gasteiger partial charge on any atom is 0.421 e. The van der Waals surface area contributed by atoms with E-state index in [1.165, 1.54) is 25.9 Å². The molecule has 3 aliphatic rings. The molecule has 0 spiro atoms. The fourth-order valence-electron chi connectivity index (χ4n) is 3.64. The van der Waals surface area contributed by atoms with Crippen molar-refractivity contribution in [2.75, 3.05) is 40.1 Å². The van der Waals surface area contributed by atoms with Crippen molar-refractivity contribution in [3.05, 3.63) is 0 Å². The summed E-state index contributed by atoms with van der Waals surface area (Å²) in [5, 5.41) is 0.676. The molecule has 0 radical (unpaired) electrons. The Kier molecular flexibility index (Phi) is 9.83. The number of ether oxygens (including phenoxy) is 3. The van der Waals surface area contributed by atoms with Crippen LogP contribution in [0.25, 0.3) is 0 Å². The topological polar surface area (TPSA) is 181 Å². The first kappa shape index (κ1) is 28.7. The van der Waals surface area contributed by atoms with Gasteiger partial charge in [-0.25, -0.2) is 8.98 Å². The standard InChI is InChI=1S/C14H23N3O8S.C6H10O3/c1-4-23-12(19)14(2,3)8-24-26(21,22)25-17-9-5-6-10(11(15)18)16(7-9)13(17)20;1-8-6(7)5-2-3-9-4-5/h9-10H,4-8H2,1-3H3,(H2,15,18);5H,2-4H2,1H3/t9-,10+;/m1./s1. The van der Waals surface area contributed by atoms with Gasteiger partial charge in [0.2, 0.25) is 5.91 Å².